The molecular weight excluding hydrogens is 281 g/mol. The summed E-state index contributed by atoms with van der Waals surface area (Å²) in [5, 5.41) is 0. The fourth-order valence-electron chi connectivity index (χ4n) is 0.827. The van der Waals surface area contributed by atoms with E-state index in [1.54, 1.807) is 18.2 Å². The van der Waals surface area contributed by atoms with Gasteiger partial charge in [-0.05, 0) is 12.1 Å². The summed E-state index contributed by atoms with van der Waals surface area (Å²) in [7, 11) is 0. The van der Waals surface area contributed by atoms with Gasteiger partial charge in [-0.2, -0.15) is 0 Å². The van der Waals surface area contributed by atoms with Crippen LogP contribution in [0.15, 0.2) is 18.2 Å². The van der Waals surface area contributed by atoms with Crippen LogP contribution in [0.1, 0.15) is 34.8 Å². The Morgan fingerprint density at radius 3 is 1.60 bits per heavy atom. The molecule has 0 aliphatic carbocycles. The molecule has 1 rings (SSSR count). The first kappa shape index (κ1) is 20.1. The van der Waals surface area contributed by atoms with Crippen LogP contribution in [0.4, 0.5) is 0 Å². The largest absolute Gasteiger partial charge is 2.00 e. The van der Waals surface area contributed by atoms with E-state index in [9.17, 15) is 9.59 Å². The van der Waals surface area contributed by atoms with Crippen molar-refractivity contribution in [3.05, 3.63) is 29.6 Å². The third-order valence-corrected chi connectivity index (χ3v) is 1.47. The molecule has 3 nitrogen and oxygen atoms in total. The minimum absolute atomic E-state index is 0. The van der Waals surface area contributed by atoms with Crippen molar-refractivity contribution in [1.82, 2.24) is 4.98 Å². The van der Waals surface area contributed by atoms with Gasteiger partial charge in [0.1, 0.15) is 11.4 Å². The van der Waals surface area contributed by atoms with Gasteiger partial charge in [0.05, 0.1) is 0 Å². The number of Topliss-reactive ketones (excluding diaryl/α,β-unsaturated/α-hetero) is 2. The third-order valence-electron chi connectivity index (χ3n) is 1.47. The maximum absolute atomic E-state index is 10.8. The fourth-order valence-corrected chi connectivity index (χ4v) is 0.827. The predicted octanol–water partition coefficient (Wildman–Crippen LogP) is -4.51. The average molecular weight is 290 g/mol. The minimum atomic E-state index is -0.127. The molecule has 15 heavy (non-hydrogen) atoms. The van der Waals surface area contributed by atoms with Crippen LogP contribution >= 0.6 is 0 Å². The number of nitrogens with zero attached hydrogens (tertiary/aromatic N) is 1. The molecule has 0 aromatic carbocycles. The summed E-state index contributed by atoms with van der Waals surface area (Å²) in [6.45, 7) is 2.85. The molecule has 0 spiro atoms. The van der Waals surface area contributed by atoms with Crippen LogP contribution in [-0.4, -0.2) is 16.6 Å². The first-order valence-corrected chi connectivity index (χ1v) is 3.60. The zero-order valence-corrected chi connectivity index (χ0v) is 10.7. The van der Waals surface area contributed by atoms with E-state index in [0.29, 0.717) is 11.4 Å². The summed E-state index contributed by atoms with van der Waals surface area (Å²) in [4.78, 5) is 25.6. The molecule has 0 atom stereocenters. The van der Waals surface area contributed by atoms with Gasteiger partial charge in [0.15, 0.2) is 11.6 Å². The Hall–Kier alpha value is -0.411. The van der Waals surface area contributed by atoms with Crippen LogP contribution in [0.2, 0.25) is 0 Å². The van der Waals surface area contributed by atoms with Gasteiger partial charge in [0.25, 0.3) is 0 Å². The molecule has 0 radical (unpaired) electrons. The maximum atomic E-state index is 10.8. The van der Waals surface area contributed by atoms with Gasteiger partial charge < -0.3 is 24.8 Å². The quantitative estimate of drug-likeness (QED) is 0.407. The molecule has 1 aromatic heterocycles. The number of aromatic nitrogens is 1. The molecule has 0 N–H and O–H groups in total. The summed E-state index contributed by atoms with van der Waals surface area (Å²) in [5.74, 6) is -0.254. The van der Waals surface area contributed by atoms with Gasteiger partial charge in [-0.15, -0.1) is 0 Å². The number of halogens is 2. The van der Waals surface area contributed by atoms with Crippen molar-refractivity contribution in [2.24, 2.45) is 0 Å². The van der Waals surface area contributed by atoms with Gasteiger partial charge in [0, 0.05) is 13.8 Å². The van der Waals surface area contributed by atoms with Crippen molar-refractivity contribution in [2.75, 3.05) is 0 Å². The Bertz CT molecular complexity index is 315. The molecule has 0 amide bonds. The van der Waals surface area contributed by atoms with Gasteiger partial charge >= 0.3 is 17.1 Å². The van der Waals surface area contributed by atoms with E-state index in [4.69, 9.17) is 0 Å². The predicted molar refractivity (Wildman–Crippen MR) is 44.2 cm³/mol. The Morgan fingerprint density at radius 1 is 1.00 bits per heavy atom. The van der Waals surface area contributed by atoms with Crippen molar-refractivity contribution in [3.8, 4) is 0 Å². The molecule has 6 heteroatoms. The smallest absolute Gasteiger partial charge is 1.00 e. The molecule has 0 saturated carbocycles. The van der Waals surface area contributed by atoms with E-state index in [2.05, 4.69) is 4.98 Å². The molecule has 84 valence electrons. The van der Waals surface area contributed by atoms with Crippen LogP contribution in [0.25, 0.3) is 0 Å². The minimum Gasteiger partial charge on any atom is -1.00 e. The number of carbonyl (C=O) groups excluding carboxylic acids is 2. The van der Waals surface area contributed by atoms with E-state index < -0.39 is 0 Å². The second-order valence-corrected chi connectivity index (χ2v) is 2.52. The first-order chi connectivity index (χ1) is 5.61. The monoisotopic (exact) mass is 289 g/mol. The Balaban J connectivity index is -0.000000480. The van der Waals surface area contributed by atoms with Crippen molar-refractivity contribution < 1.29 is 51.5 Å². The number of hydrogen-bond donors (Lipinski definition) is 0. The second-order valence-electron chi connectivity index (χ2n) is 2.52. The molecular formula is C9H9Cl2FeNO2. The maximum Gasteiger partial charge on any atom is 2.00 e. The first-order valence-electron chi connectivity index (χ1n) is 3.60. The van der Waals surface area contributed by atoms with Crippen molar-refractivity contribution >= 4 is 11.6 Å². The Labute approximate surface area is 111 Å². The van der Waals surface area contributed by atoms with Gasteiger partial charge in [-0.25, -0.2) is 4.98 Å². The van der Waals surface area contributed by atoms with Gasteiger partial charge in [-0.1, -0.05) is 6.07 Å². The Morgan fingerprint density at radius 2 is 1.33 bits per heavy atom. The summed E-state index contributed by atoms with van der Waals surface area (Å²) in [5.41, 5.74) is 0.672. The molecule has 1 heterocycles. The van der Waals surface area contributed by atoms with E-state index in [-0.39, 0.29) is 53.4 Å². The SMILES string of the molecule is CC(=O)c1cccc(C(C)=O)n1.[Cl-].[Cl-].[Fe+2]. The van der Waals surface area contributed by atoms with E-state index in [0.717, 1.165) is 0 Å². The van der Waals surface area contributed by atoms with E-state index in [1.165, 1.54) is 13.8 Å². The van der Waals surface area contributed by atoms with Crippen molar-refractivity contribution in [3.63, 3.8) is 0 Å². The topological polar surface area (TPSA) is 47.0 Å². The summed E-state index contributed by atoms with van der Waals surface area (Å²) in [6.07, 6.45) is 0. The summed E-state index contributed by atoms with van der Waals surface area (Å²) < 4.78 is 0. The zero-order chi connectivity index (χ0) is 9.14. The molecule has 0 saturated heterocycles. The number of hydrogen-bond acceptors (Lipinski definition) is 3. The van der Waals surface area contributed by atoms with Crippen LogP contribution in [0.3, 0.4) is 0 Å². The van der Waals surface area contributed by atoms with Crippen LogP contribution < -0.4 is 24.8 Å². The molecule has 0 fully saturated rings. The third kappa shape index (κ3) is 5.90. The van der Waals surface area contributed by atoms with Gasteiger partial charge in [-0.3, -0.25) is 9.59 Å². The molecule has 0 aliphatic heterocycles. The summed E-state index contributed by atoms with van der Waals surface area (Å²) in [6, 6.07) is 4.84. The number of ketones is 2. The summed E-state index contributed by atoms with van der Waals surface area (Å²) >= 11 is 0. The van der Waals surface area contributed by atoms with E-state index >= 15 is 0 Å². The van der Waals surface area contributed by atoms with Crippen molar-refractivity contribution in [2.45, 2.75) is 13.8 Å². The Kier molecular flexibility index (Phi) is 11.9. The molecule has 1 aromatic rings. The molecule has 0 aliphatic rings. The fraction of sp³-hybridized carbons (Fsp3) is 0.222. The standard InChI is InChI=1S/C9H9NO2.2ClH.Fe/c1-6(11)8-4-3-5-9(10-8)7(2)12;;;/h3-5H,1-2H3;2*1H;/q;;;+2/p-2. The van der Waals surface area contributed by atoms with Crippen LogP contribution in [0, 0.1) is 0 Å². The van der Waals surface area contributed by atoms with Gasteiger partial charge in [0.2, 0.25) is 0 Å². The normalized spacial score (nSPS) is 7.60. The van der Waals surface area contributed by atoms with Crippen LogP contribution in [0.5, 0.6) is 0 Å². The average Bonchev–Trinajstić information content (AvgIpc) is 2.04. The molecule has 0 unspecified atom stereocenters. The van der Waals surface area contributed by atoms with E-state index in [1.807, 2.05) is 0 Å². The number of rotatable bonds is 2. The molecule has 0 bridgehead atoms. The number of pyridine rings is 1. The van der Waals surface area contributed by atoms with Crippen molar-refractivity contribution in [1.29, 1.82) is 0 Å². The van der Waals surface area contributed by atoms with Crippen LogP contribution in [-0.2, 0) is 17.1 Å². The zero-order valence-electron chi connectivity index (χ0n) is 8.11. The number of carbonyl (C=O) groups is 2. The second kappa shape index (κ2) is 8.86.